The van der Waals surface area contributed by atoms with Crippen molar-refractivity contribution in [1.29, 1.82) is 0 Å². The lowest BCUT2D eigenvalue weighted by Gasteiger charge is -2.09. The molecule has 1 fully saturated rings. The summed E-state index contributed by atoms with van der Waals surface area (Å²) in [6, 6.07) is 6.99. The number of aromatic nitrogens is 1. The minimum absolute atomic E-state index is 0.158. The van der Waals surface area contributed by atoms with E-state index < -0.39 is 0 Å². The number of rotatable bonds is 3. The second-order valence-corrected chi connectivity index (χ2v) is 5.25. The number of aromatic amines is 1. The predicted octanol–water partition coefficient (Wildman–Crippen LogP) is 2.26. The average Bonchev–Trinajstić information content (AvgIpc) is 3.10. The van der Waals surface area contributed by atoms with Crippen molar-refractivity contribution in [2.24, 2.45) is 5.73 Å². The smallest absolute Gasteiger partial charge is 0.124 e. The topological polar surface area (TPSA) is 97.3 Å². The molecule has 0 spiro atoms. The van der Waals surface area contributed by atoms with E-state index in [-0.39, 0.29) is 5.75 Å². The molecule has 1 aromatic carbocycles. The molecule has 1 atom stereocenters. The Bertz CT molecular complexity index is 670. The molecular weight excluding hydrogens is 266 g/mol. The van der Waals surface area contributed by atoms with Crippen LogP contribution in [0.2, 0.25) is 0 Å². The second-order valence-electron chi connectivity index (χ2n) is 5.25. The molecule has 5 heteroatoms. The summed E-state index contributed by atoms with van der Waals surface area (Å²) >= 11 is 0. The molecule has 0 amide bonds. The number of nitrogens with two attached hydrogens (primary N) is 2. The first-order valence-electron chi connectivity index (χ1n) is 6.97. The normalized spacial score (nSPS) is 19.0. The molecule has 21 heavy (non-hydrogen) atoms. The van der Waals surface area contributed by atoms with Crippen LogP contribution < -0.4 is 11.5 Å². The molecule has 5 nitrogen and oxygen atoms in total. The van der Waals surface area contributed by atoms with E-state index >= 15 is 0 Å². The van der Waals surface area contributed by atoms with Crippen LogP contribution in [0.3, 0.4) is 0 Å². The molecule has 2 aromatic rings. The highest BCUT2D eigenvalue weighted by molar-refractivity contribution is 5.85. The number of phenolic OH excluding ortho intramolecular Hbond substituents is 1. The lowest BCUT2D eigenvalue weighted by atomic mass is 9.96. The summed E-state index contributed by atoms with van der Waals surface area (Å²) < 4.78 is 5.44. The maximum atomic E-state index is 9.88. The molecule has 110 valence electrons. The van der Waals surface area contributed by atoms with E-state index in [2.05, 4.69) is 4.98 Å². The Balaban J connectivity index is 1.99. The van der Waals surface area contributed by atoms with Gasteiger partial charge in [-0.15, -0.1) is 0 Å². The largest absolute Gasteiger partial charge is 0.507 e. The van der Waals surface area contributed by atoms with Crippen molar-refractivity contribution in [1.82, 2.24) is 4.98 Å². The van der Waals surface area contributed by atoms with Crippen LogP contribution >= 0.6 is 0 Å². The molecule has 1 aliphatic rings. The molecule has 0 saturated carbocycles. The van der Waals surface area contributed by atoms with E-state index in [1.165, 1.54) is 0 Å². The fourth-order valence-corrected chi connectivity index (χ4v) is 2.70. The number of ether oxygens (including phenoxy) is 1. The minimum atomic E-state index is 0.158. The van der Waals surface area contributed by atoms with Crippen LogP contribution in [0.1, 0.15) is 29.0 Å². The summed E-state index contributed by atoms with van der Waals surface area (Å²) in [5.74, 6) is 1.07. The zero-order valence-electron chi connectivity index (χ0n) is 11.7. The van der Waals surface area contributed by atoms with Gasteiger partial charge in [0, 0.05) is 35.5 Å². The quantitative estimate of drug-likeness (QED) is 0.695. The SMILES string of the molecule is N/C(=C\c1c(C2CCOC2)c[nH]c1N)c1ccccc1O. The standard InChI is InChI=1S/C16H19N3O2/c17-14(11-3-1-2-4-15(11)20)7-12-13(8-19-16(12)18)10-5-6-21-9-10/h1-4,7-8,10,19-20H,5-6,9,17-18H2/b14-7-. The molecule has 0 radical (unpaired) electrons. The maximum Gasteiger partial charge on any atom is 0.124 e. The van der Waals surface area contributed by atoms with Gasteiger partial charge in [-0.05, 0) is 30.2 Å². The van der Waals surface area contributed by atoms with E-state index in [0.717, 1.165) is 24.2 Å². The maximum absolute atomic E-state index is 9.88. The molecule has 0 aliphatic carbocycles. The molecule has 2 heterocycles. The highest BCUT2D eigenvalue weighted by Gasteiger charge is 2.22. The van der Waals surface area contributed by atoms with Gasteiger partial charge in [-0.25, -0.2) is 0 Å². The van der Waals surface area contributed by atoms with Gasteiger partial charge < -0.3 is 26.3 Å². The van der Waals surface area contributed by atoms with Crippen LogP contribution in [-0.4, -0.2) is 23.3 Å². The zero-order chi connectivity index (χ0) is 14.8. The van der Waals surface area contributed by atoms with Crippen molar-refractivity contribution in [3.05, 3.63) is 47.2 Å². The van der Waals surface area contributed by atoms with Crippen molar-refractivity contribution in [2.45, 2.75) is 12.3 Å². The van der Waals surface area contributed by atoms with Gasteiger partial charge in [-0.1, -0.05) is 12.1 Å². The van der Waals surface area contributed by atoms with Crippen LogP contribution in [-0.2, 0) is 4.74 Å². The monoisotopic (exact) mass is 285 g/mol. The van der Waals surface area contributed by atoms with Gasteiger partial charge in [-0.3, -0.25) is 0 Å². The molecule has 0 bridgehead atoms. The van der Waals surface area contributed by atoms with Crippen LogP contribution in [0, 0.1) is 0 Å². The number of phenols is 1. The molecule has 1 aliphatic heterocycles. The second kappa shape index (κ2) is 5.54. The number of hydrogen-bond donors (Lipinski definition) is 4. The number of para-hydroxylation sites is 1. The summed E-state index contributed by atoms with van der Waals surface area (Å²) in [5, 5.41) is 9.88. The van der Waals surface area contributed by atoms with Crippen molar-refractivity contribution in [3.63, 3.8) is 0 Å². The van der Waals surface area contributed by atoms with Gasteiger partial charge in [0.15, 0.2) is 0 Å². The Hall–Kier alpha value is -2.40. The summed E-state index contributed by atoms with van der Waals surface area (Å²) in [6.45, 7) is 1.47. The van der Waals surface area contributed by atoms with Crippen molar-refractivity contribution in [2.75, 3.05) is 18.9 Å². The van der Waals surface area contributed by atoms with Gasteiger partial charge in [0.2, 0.25) is 0 Å². The number of aromatic hydroxyl groups is 1. The summed E-state index contributed by atoms with van der Waals surface area (Å²) in [4.78, 5) is 3.05. The van der Waals surface area contributed by atoms with Crippen LogP contribution in [0.25, 0.3) is 11.8 Å². The predicted molar refractivity (Wildman–Crippen MR) is 83.5 cm³/mol. The van der Waals surface area contributed by atoms with E-state index in [1.807, 2.05) is 18.3 Å². The highest BCUT2D eigenvalue weighted by Crippen LogP contribution is 2.33. The fourth-order valence-electron chi connectivity index (χ4n) is 2.70. The number of anilines is 1. The lowest BCUT2D eigenvalue weighted by Crippen LogP contribution is -2.01. The van der Waals surface area contributed by atoms with Gasteiger partial charge in [0.1, 0.15) is 11.6 Å². The minimum Gasteiger partial charge on any atom is -0.507 e. The first-order valence-corrected chi connectivity index (χ1v) is 6.97. The number of nitrogen functional groups attached to an aromatic ring is 1. The Morgan fingerprint density at radius 1 is 1.38 bits per heavy atom. The van der Waals surface area contributed by atoms with Crippen molar-refractivity contribution >= 4 is 17.6 Å². The van der Waals surface area contributed by atoms with Gasteiger partial charge in [-0.2, -0.15) is 0 Å². The molecule has 1 saturated heterocycles. The fraction of sp³-hybridized carbons (Fsp3) is 0.250. The lowest BCUT2D eigenvalue weighted by molar-refractivity contribution is 0.194. The Labute approximate surface area is 123 Å². The van der Waals surface area contributed by atoms with Crippen molar-refractivity contribution in [3.8, 4) is 5.75 Å². The first-order chi connectivity index (χ1) is 10.2. The van der Waals surface area contributed by atoms with E-state index in [1.54, 1.807) is 18.2 Å². The third kappa shape index (κ3) is 2.60. The summed E-state index contributed by atoms with van der Waals surface area (Å²) in [6.07, 6.45) is 4.71. The van der Waals surface area contributed by atoms with Gasteiger partial charge in [0.05, 0.1) is 6.61 Å². The molecule has 1 aromatic heterocycles. The number of nitrogens with one attached hydrogen (secondary N) is 1. The molecule has 3 rings (SSSR count). The Morgan fingerprint density at radius 2 is 2.19 bits per heavy atom. The van der Waals surface area contributed by atoms with Gasteiger partial charge in [0.25, 0.3) is 0 Å². The third-order valence-electron chi connectivity index (χ3n) is 3.87. The highest BCUT2D eigenvalue weighted by atomic mass is 16.5. The van der Waals surface area contributed by atoms with Crippen LogP contribution in [0.4, 0.5) is 5.82 Å². The average molecular weight is 285 g/mol. The number of H-pyrrole nitrogens is 1. The van der Waals surface area contributed by atoms with E-state index in [9.17, 15) is 5.11 Å². The zero-order valence-corrected chi connectivity index (χ0v) is 11.7. The molecule has 1 unspecified atom stereocenters. The Kier molecular flexibility index (Phi) is 3.58. The third-order valence-corrected chi connectivity index (χ3v) is 3.87. The summed E-state index contributed by atoms with van der Waals surface area (Å²) in [7, 11) is 0. The van der Waals surface area contributed by atoms with Crippen LogP contribution in [0.15, 0.2) is 30.5 Å². The summed E-state index contributed by atoms with van der Waals surface area (Å²) in [5.41, 5.74) is 15.2. The molecule has 6 N–H and O–H groups in total. The Morgan fingerprint density at radius 3 is 2.90 bits per heavy atom. The van der Waals surface area contributed by atoms with E-state index in [4.69, 9.17) is 16.2 Å². The van der Waals surface area contributed by atoms with Crippen molar-refractivity contribution < 1.29 is 9.84 Å². The molecular formula is C16H19N3O2. The number of hydrogen-bond acceptors (Lipinski definition) is 4. The first kappa shape index (κ1) is 13.6. The van der Waals surface area contributed by atoms with Gasteiger partial charge >= 0.3 is 0 Å². The number of benzene rings is 1. The van der Waals surface area contributed by atoms with Crippen LogP contribution in [0.5, 0.6) is 5.75 Å². The van der Waals surface area contributed by atoms with E-state index in [0.29, 0.717) is 29.6 Å².